The number of nitrogens with one attached hydrogen (secondary N) is 2. The van der Waals surface area contributed by atoms with Crippen molar-refractivity contribution in [1.82, 2.24) is 5.32 Å². The Bertz CT molecular complexity index is 482. The lowest BCUT2D eigenvalue weighted by atomic mass is 9.94. The number of benzene rings is 1. The summed E-state index contributed by atoms with van der Waals surface area (Å²) < 4.78 is 0. The fourth-order valence-electron chi connectivity index (χ4n) is 1.92. The van der Waals surface area contributed by atoms with Crippen LogP contribution in [0.3, 0.4) is 0 Å². The quantitative estimate of drug-likeness (QED) is 0.642. The van der Waals surface area contributed by atoms with Crippen LogP contribution >= 0.6 is 12.2 Å². The van der Waals surface area contributed by atoms with Gasteiger partial charge in [0.25, 0.3) is 5.91 Å². The molecule has 4 nitrogen and oxygen atoms in total. The van der Waals surface area contributed by atoms with Crippen LogP contribution in [0, 0.1) is 0 Å². The van der Waals surface area contributed by atoms with Crippen molar-refractivity contribution in [3.8, 4) is 0 Å². The zero-order valence-corrected chi connectivity index (χ0v) is 9.94. The molecular formula is C11H13N3OS. The molecule has 0 radical (unpaired) electrons. The second-order valence-electron chi connectivity index (χ2n) is 4.33. The van der Waals surface area contributed by atoms with E-state index in [1.807, 2.05) is 26.0 Å². The van der Waals surface area contributed by atoms with E-state index >= 15 is 0 Å². The monoisotopic (exact) mass is 235 g/mol. The SMILES string of the molecule is CC1(C)NC(=O)c2cc(NC(N)=S)ccc21. The number of fused-ring (bicyclic) bond motifs is 1. The Morgan fingerprint density at radius 2 is 2.19 bits per heavy atom. The number of nitrogens with two attached hydrogens (primary N) is 1. The van der Waals surface area contributed by atoms with Gasteiger partial charge in [-0.1, -0.05) is 6.07 Å². The maximum atomic E-state index is 11.7. The summed E-state index contributed by atoms with van der Waals surface area (Å²) in [6, 6.07) is 5.53. The number of hydrogen-bond acceptors (Lipinski definition) is 2. The number of hydrogen-bond donors (Lipinski definition) is 3. The molecule has 1 aromatic rings. The van der Waals surface area contributed by atoms with Gasteiger partial charge in [0.1, 0.15) is 0 Å². The molecule has 16 heavy (non-hydrogen) atoms. The van der Waals surface area contributed by atoms with Gasteiger partial charge in [0, 0.05) is 11.3 Å². The van der Waals surface area contributed by atoms with Crippen molar-refractivity contribution in [3.05, 3.63) is 29.3 Å². The predicted molar refractivity (Wildman–Crippen MR) is 67.3 cm³/mol. The highest BCUT2D eigenvalue weighted by molar-refractivity contribution is 7.80. The van der Waals surface area contributed by atoms with E-state index in [1.54, 1.807) is 6.07 Å². The predicted octanol–water partition coefficient (Wildman–Crippen LogP) is 1.32. The van der Waals surface area contributed by atoms with E-state index in [-0.39, 0.29) is 16.6 Å². The minimum Gasteiger partial charge on any atom is -0.376 e. The Kier molecular flexibility index (Phi) is 2.35. The van der Waals surface area contributed by atoms with Crippen molar-refractivity contribution in [2.75, 3.05) is 5.32 Å². The van der Waals surface area contributed by atoms with Crippen molar-refractivity contribution >= 4 is 28.9 Å². The van der Waals surface area contributed by atoms with E-state index in [0.29, 0.717) is 5.56 Å². The maximum Gasteiger partial charge on any atom is 0.252 e. The van der Waals surface area contributed by atoms with Crippen molar-refractivity contribution < 1.29 is 4.79 Å². The number of thiocarbonyl (C=S) groups is 1. The number of carbonyl (C=O) groups excluding carboxylic acids is 1. The first kappa shape index (κ1) is 10.9. The summed E-state index contributed by atoms with van der Waals surface area (Å²) in [6.07, 6.45) is 0. The smallest absolute Gasteiger partial charge is 0.252 e. The van der Waals surface area contributed by atoms with Crippen LogP contribution in [0.25, 0.3) is 0 Å². The lowest BCUT2D eigenvalue weighted by molar-refractivity contribution is 0.0940. The van der Waals surface area contributed by atoms with Crippen LogP contribution in [0.4, 0.5) is 5.69 Å². The van der Waals surface area contributed by atoms with Gasteiger partial charge in [0.15, 0.2) is 5.11 Å². The van der Waals surface area contributed by atoms with Gasteiger partial charge in [0.05, 0.1) is 5.54 Å². The molecular weight excluding hydrogens is 222 g/mol. The van der Waals surface area contributed by atoms with Gasteiger partial charge in [-0.2, -0.15) is 0 Å². The molecule has 0 saturated heterocycles. The molecule has 0 atom stereocenters. The van der Waals surface area contributed by atoms with E-state index in [9.17, 15) is 4.79 Å². The number of rotatable bonds is 1. The van der Waals surface area contributed by atoms with Gasteiger partial charge < -0.3 is 16.4 Å². The molecule has 1 aliphatic heterocycles. The Hall–Kier alpha value is -1.62. The summed E-state index contributed by atoms with van der Waals surface area (Å²) in [6.45, 7) is 3.94. The van der Waals surface area contributed by atoms with Gasteiger partial charge in [-0.05, 0) is 43.8 Å². The highest BCUT2D eigenvalue weighted by Gasteiger charge is 2.34. The summed E-state index contributed by atoms with van der Waals surface area (Å²) in [4.78, 5) is 11.7. The first-order valence-electron chi connectivity index (χ1n) is 4.93. The molecule has 1 aliphatic rings. The van der Waals surface area contributed by atoms with Gasteiger partial charge in [0.2, 0.25) is 0 Å². The van der Waals surface area contributed by atoms with E-state index in [0.717, 1.165) is 11.3 Å². The van der Waals surface area contributed by atoms with E-state index < -0.39 is 0 Å². The third-order valence-electron chi connectivity index (χ3n) is 2.63. The Balaban J connectivity index is 2.44. The third-order valence-corrected chi connectivity index (χ3v) is 2.73. The first-order valence-corrected chi connectivity index (χ1v) is 5.34. The average Bonchev–Trinajstić information content (AvgIpc) is 2.36. The largest absolute Gasteiger partial charge is 0.376 e. The second-order valence-corrected chi connectivity index (χ2v) is 4.77. The molecule has 0 spiro atoms. The fraction of sp³-hybridized carbons (Fsp3) is 0.273. The highest BCUT2D eigenvalue weighted by atomic mass is 32.1. The van der Waals surface area contributed by atoms with Crippen LogP contribution in [0.1, 0.15) is 29.8 Å². The maximum absolute atomic E-state index is 11.7. The van der Waals surface area contributed by atoms with E-state index in [4.69, 9.17) is 18.0 Å². The average molecular weight is 235 g/mol. The highest BCUT2D eigenvalue weighted by Crippen LogP contribution is 2.31. The summed E-state index contributed by atoms with van der Waals surface area (Å²) in [5.41, 5.74) is 7.47. The number of anilines is 1. The number of amides is 1. The van der Waals surface area contributed by atoms with Crippen molar-refractivity contribution in [2.45, 2.75) is 19.4 Å². The Morgan fingerprint density at radius 1 is 1.50 bits per heavy atom. The molecule has 2 rings (SSSR count). The van der Waals surface area contributed by atoms with Crippen LogP contribution < -0.4 is 16.4 Å². The van der Waals surface area contributed by atoms with Gasteiger partial charge in [-0.15, -0.1) is 0 Å². The topological polar surface area (TPSA) is 67.2 Å². The molecule has 0 saturated carbocycles. The fourth-order valence-corrected chi connectivity index (χ4v) is 2.03. The van der Waals surface area contributed by atoms with E-state index in [1.165, 1.54) is 0 Å². The molecule has 0 unspecified atom stereocenters. The molecule has 0 aromatic heterocycles. The van der Waals surface area contributed by atoms with E-state index in [2.05, 4.69) is 10.6 Å². The molecule has 0 fully saturated rings. The summed E-state index contributed by atoms with van der Waals surface area (Å²) >= 11 is 4.75. The Labute approximate surface area is 99.2 Å². The van der Waals surface area contributed by atoms with Crippen molar-refractivity contribution in [2.24, 2.45) is 5.73 Å². The molecule has 0 aliphatic carbocycles. The lowest BCUT2D eigenvalue weighted by Gasteiger charge is -2.18. The van der Waals surface area contributed by atoms with Crippen LogP contribution in [0.15, 0.2) is 18.2 Å². The van der Waals surface area contributed by atoms with Crippen LogP contribution in [0.5, 0.6) is 0 Å². The zero-order chi connectivity index (χ0) is 11.9. The molecule has 5 heteroatoms. The van der Waals surface area contributed by atoms with Crippen molar-refractivity contribution in [3.63, 3.8) is 0 Å². The van der Waals surface area contributed by atoms with Gasteiger partial charge in [-0.25, -0.2) is 0 Å². The minimum absolute atomic E-state index is 0.0633. The van der Waals surface area contributed by atoms with Crippen LogP contribution in [-0.4, -0.2) is 11.0 Å². The van der Waals surface area contributed by atoms with Crippen LogP contribution in [-0.2, 0) is 5.54 Å². The third kappa shape index (κ3) is 1.74. The minimum atomic E-state index is -0.311. The van der Waals surface area contributed by atoms with Gasteiger partial charge in [-0.3, -0.25) is 4.79 Å². The molecule has 0 bridgehead atoms. The van der Waals surface area contributed by atoms with Crippen molar-refractivity contribution in [1.29, 1.82) is 0 Å². The molecule has 1 heterocycles. The van der Waals surface area contributed by atoms with Crippen LogP contribution in [0.2, 0.25) is 0 Å². The Morgan fingerprint density at radius 3 is 2.81 bits per heavy atom. The molecule has 4 N–H and O–H groups in total. The number of carbonyl (C=O) groups is 1. The zero-order valence-electron chi connectivity index (χ0n) is 9.13. The van der Waals surface area contributed by atoms with Gasteiger partial charge >= 0.3 is 0 Å². The summed E-state index contributed by atoms with van der Waals surface area (Å²) in [5.74, 6) is -0.0633. The summed E-state index contributed by atoms with van der Waals surface area (Å²) in [5, 5.41) is 5.91. The molecule has 84 valence electrons. The normalized spacial score (nSPS) is 16.5. The molecule has 1 aromatic carbocycles. The first-order chi connectivity index (χ1) is 7.40. The second kappa shape index (κ2) is 3.45. The molecule has 1 amide bonds. The lowest BCUT2D eigenvalue weighted by Crippen LogP contribution is -2.32. The standard InChI is InChI=1S/C11H13N3OS/c1-11(2)8-4-3-6(13-10(12)16)5-7(8)9(15)14-11/h3-5H,1-2H3,(H,14,15)(H3,12,13,16). The summed E-state index contributed by atoms with van der Waals surface area (Å²) in [7, 11) is 0.